The molecule has 42 heavy (non-hydrogen) atoms. The Labute approximate surface area is 244 Å². The minimum atomic E-state index is 0.189. The number of rotatable bonds is 2. The molecule has 0 aromatic heterocycles. The molecule has 6 aromatic rings. The fourth-order valence-electron chi connectivity index (χ4n) is 7.65. The molecular weight excluding hydrogens is 504 g/mol. The van der Waals surface area contributed by atoms with Crippen molar-refractivity contribution >= 4 is 43.8 Å². The highest BCUT2D eigenvalue weighted by Gasteiger charge is 2.38. The number of hydrogen-bond acceptors (Lipinski definition) is 0. The lowest BCUT2D eigenvalue weighted by atomic mass is 9.64. The SMILES string of the molecule is C1=CC2=c3ccccc3=C3C(c4ccc5ccccc5c4)=c4ccccc4=C(c4ccc5ccccc5c4)C3C2C=C1. The van der Waals surface area contributed by atoms with Gasteiger partial charge in [-0.15, -0.1) is 0 Å². The molecule has 0 radical (unpaired) electrons. The Hall–Kier alpha value is -5.20. The molecule has 0 amide bonds. The van der Waals surface area contributed by atoms with Crippen molar-refractivity contribution in [3.8, 4) is 0 Å². The maximum atomic E-state index is 2.43. The Balaban J connectivity index is 1.50. The summed E-state index contributed by atoms with van der Waals surface area (Å²) in [5.74, 6) is 0.443. The van der Waals surface area contributed by atoms with Crippen molar-refractivity contribution in [1.29, 1.82) is 0 Å². The van der Waals surface area contributed by atoms with Crippen LogP contribution in [0.3, 0.4) is 0 Å². The Morgan fingerprint density at radius 1 is 0.405 bits per heavy atom. The van der Waals surface area contributed by atoms with Crippen LogP contribution in [0.2, 0.25) is 0 Å². The molecule has 0 nitrogen and oxygen atoms in total. The Morgan fingerprint density at radius 3 is 1.67 bits per heavy atom. The molecule has 0 heteroatoms. The van der Waals surface area contributed by atoms with Crippen molar-refractivity contribution in [2.75, 3.05) is 0 Å². The zero-order valence-corrected chi connectivity index (χ0v) is 23.2. The van der Waals surface area contributed by atoms with E-state index < -0.39 is 0 Å². The lowest BCUT2D eigenvalue weighted by Gasteiger charge is -2.38. The van der Waals surface area contributed by atoms with Gasteiger partial charge in [-0.3, -0.25) is 0 Å². The zero-order chi connectivity index (χ0) is 27.6. The first-order valence-corrected chi connectivity index (χ1v) is 14.9. The number of hydrogen-bond donors (Lipinski definition) is 0. The normalized spacial score (nSPS) is 18.6. The summed E-state index contributed by atoms with van der Waals surface area (Å²) in [6, 6.07) is 49.6. The van der Waals surface area contributed by atoms with Crippen molar-refractivity contribution < 1.29 is 0 Å². The average Bonchev–Trinajstić information content (AvgIpc) is 3.07. The Bertz CT molecular complexity index is 2420. The van der Waals surface area contributed by atoms with Gasteiger partial charge in [0.1, 0.15) is 0 Å². The van der Waals surface area contributed by atoms with Crippen LogP contribution in [0.25, 0.3) is 43.8 Å². The quantitative estimate of drug-likeness (QED) is 0.231. The molecule has 6 aromatic carbocycles. The minimum absolute atomic E-state index is 0.189. The van der Waals surface area contributed by atoms with E-state index in [2.05, 4.69) is 158 Å². The van der Waals surface area contributed by atoms with Gasteiger partial charge in [0.05, 0.1) is 0 Å². The number of fused-ring (bicyclic) bond motifs is 7. The third-order valence-corrected chi connectivity index (χ3v) is 9.43. The lowest BCUT2D eigenvalue weighted by molar-refractivity contribution is 0.709. The molecule has 0 aliphatic heterocycles. The second kappa shape index (κ2) is 9.16. The van der Waals surface area contributed by atoms with Crippen molar-refractivity contribution in [2.45, 2.75) is 0 Å². The number of benzene rings is 6. The predicted molar refractivity (Wildman–Crippen MR) is 176 cm³/mol. The molecule has 3 aliphatic carbocycles. The summed E-state index contributed by atoms with van der Waals surface area (Å²) in [4.78, 5) is 0. The van der Waals surface area contributed by atoms with Gasteiger partial charge in [0, 0.05) is 11.8 Å². The maximum absolute atomic E-state index is 2.43. The predicted octanol–water partition coefficient (Wildman–Crippen LogP) is 6.78. The molecule has 0 saturated heterocycles. The third-order valence-electron chi connectivity index (χ3n) is 9.43. The molecular formula is C42H28. The van der Waals surface area contributed by atoms with Crippen molar-refractivity contribution in [3.63, 3.8) is 0 Å². The van der Waals surface area contributed by atoms with Crippen LogP contribution in [0.5, 0.6) is 0 Å². The first-order chi connectivity index (χ1) is 20.8. The van der Waals surface area contributed by atoms with Crippen LogP contribution in [0, 0.1) is 11.8 Å². The molecule has 2 atom stereocenters. The fraction of sp³-hybridized carbons (Fsp3) is 0.0476. The van der Waals surface area contributed by atoms with Gasteiger partial charge in [0.2, 0.25) is 0 Å². The van der Waals surface area contributed by atoms with Crippen molar-refractivity contribution in [1.82, 2.24) is 0 Å². The topological polar surface area (TPSA) is 0 Å². The van der Waals surface area contributed by atoms with E-state index in [0.717, 1.165) is 0 Å². The van der Waals surface area contributed by atoms with Crippen LogP contribution in [0.15, 0.2) is 158 Å². The van der Waals surface area contributed by atoms with Crippen LogP contribution in [-0.4, -0.2) is 0 Å². The summed E-state index contributed by atoms with van der Waals surface area (Å²) < 4.78 is 0. The van der Waals surface area contributed by atoms with E-state index in [1.807, 2.05) is 0 Å². The van der Waals surface area contributed by atoms with Crippen LogP contribution in [0.4, 0.5) is 0 Å². The second-order valence-corrected chi connectivity index (χ2v) is 11.6. The van der Waals surface area contributed by atoms with E-state index >= 15 is 0 Å². The maximum Gasteiger partial charge on any atom is 0.0218 e. The van der Waals surface area contributed by atoms with Crippen molar-refractivity contribution in [2.24, 2.45) is 11.8 Å². The molecule has 0 bridgehead atoms. The van der Waals surface area contributed by atoms with E-state index in [4.69, 9.17) is 0 Å². The van der Waals surface area contributed by atoms with Gasteiger partial charge in [-0.05, 0) is 88.0 Å². The van der Waals surface area contributed by atoms with E-state index in [9.17, 15) is 0 Å². The summed E-state index contributed by atoms with van der Waals surface area (Å²) in [6.07, 6.45) is 9.22. The summed E-state index contributed by atoms with van der Waals surface area (Å²) in [5.41, 5.74) is 8.23. The summed E-state index contributed by atoms with van der Waals surface area (Å²) in [5, 5.41) is 10.5. The van der Waals surface area contributed by atoms with E-state index in [-0.39, 0.29) is 11.8 Å². The molecule has 196 valence electrons. The van der Waals surface area contributed by atoms with Gasteiger partial charge >= 0.3 is 0 Å². The molecule has 2 unspecified atom stereocenters. The number of allylic oxidation sites excluding steroid dienone is 4. The standard InChI is InChI=1S/C42H28/c1-3-13-29-25-31(23-21-27(29)11-1)39-37-19-9-10-20-38(37)40(32-24-22-28-12-2-4-14-30(28)26-32)42-36-18-8-6-16-34(36)33-15-5-7-17-35(33)41(39)42/h1-26,35,41H. The summed E-state index contributed by atoms with van der Waals surface area (Å²) >= 11 is 0. The van der Waals surface area contributed by atoms with Crippen LogP contribution >= 0.6 is 0 Å². The molecule has 3 aliphatic rings. The molecule has 9 rings (SSSR count). The van der Waals surface area contributed by atoms with Gasteiger partial charge in [-0.2, -0.15) is 0 Å². The Kier molecular flexibility index (Phi) is 5.12. The van der Waals surface area contributed by atoms with Gasteiger partial charge in [0.25, 0.3) is 0 Å². The fourth-order valence-corrected chi connectivity index (χ4v) is 7.65. The highest BCUT2D eigenvalue weighted by Crippen LogP contribution is 2.46. The largest absolute Gasteiger partial charge is 0.0760 e. The van der Waals surface area contributed by atoms with E-state index in [0.29, 0.717) is 0 Å². The average molecular weight is 533 g/mol. The Morgan fingerprint density at radius 2 is 0.952 bits per heavy atom. The van der Waals surface area contributed by atoms with Gasteiger partial charge in [-0.1, -0.05) is 146 Å². The van der Waals surface area contributed by atoms with Crippen LogP contribution in [-0.2, 0) is 0 Å². The molecule has 0 spiro atoms. The molecule has 0 saturated carbocycles. The van der Waals surface area contributed by atoms with Gasteiger partial charge < -0.3 is 0 Å². The first kappa shape index (κ1) is 23.5. The molecule has 0 fully saturated rings. The van der Waals surface area contributed by atoms with Crippen molar-refractivity contribution in [3.05, 3.63) is 190 Å². The first-order valence-electron chi connectivity index (χ1n) is 14.9. The highest BCUT2D eigenvalue weighted by molar-refractivity contribution is 6.07. The van der Waals surface area contributed by atoms with Crippen LogP contribution < -0.4 is 20.9 Å². The smallest absolute Gasteiger partial charge is 0.0218 e. The molecule has 0 heterocycles. The van der Waals surface area contributed by atoms with E-state index in [1.165, 1.54) is 75.8 Å². The van der Waals surface area contributed by atoms with E-state index in [1.54, 1.807) is 0 Å². The third kappa shape index (κ3) is 3.42. The van der Waals surface area contributed by atoms with Crippen LogP contribution in [0.1, 0.15) is 11.1 Å². The molecule has 0 N–H and O–H groups in total. The summed E-state index contributed by atoms with van der Waals surface area (Å²) in [6.45, 7) is 0. The second-order valence-electron chi connectivity index (χ2n) is 11.6. The monoisotopic (exact) mass is 532 g/mol. The zero-order valence-electron chi connectivity index (χ0n) is 23.2. The van der Waals surface area contributed by atoms with Gasteiger partial charge in [0.15, 0.2) is 0 Å². The van der Waals surface area contributed by atoms with Gasteiger partial charge in [-0.25, -0.2) is 0 Å². The highest BCUT2D eigenvalue weighted by atomic mass is 14.4. The minimum Gasteiger partial charge on any atom is -0.0760 e. The lowest BCUT2D eigenvalue weighted by Crippen LogP contribution is -2.47. The summed E-state index contributed by atoms with van der Waals surface area (Å²) in [7, 11) is 0.